The SMILES string of the molecule is COOCc1cc(Br)ccc1C. The van der Waals surface area contributed by atoms with E-state index in [1.54, 1.807) is 0 Å². The van der Waals surface area contributed by atoms with E-state index in [9.17, 15) is 0 Å². The van der Waals surface area contributed by atoms with Crippen LogP contribution < -0.4 is 0 Å². The second-order valence-corrected chi connectivity index (χ2v) is 3.42. The third-order valence-electron chi connectivity index (χ3n) is 1.64. The maximum atomic E-state index is 4.83. The summed E-state index contributed by atoms with van der Waals surface area (Å²) < 4.78 is 1.06. The number of halogens is 1. The molecular formula is C9H11BrO2. The van der Waals surface area contributed by atoms with Crippen molar-refractivity contribution < 1.29 is 9.78 Å². The molecule has 0 atom stereocenters. The van der Waals surface area contributed by atoms with Gasteiger partial charge >= 0.3 is 0 Å². The summed E-state index contributed by atoms with van der Waals surface area (Å²) in [6, 6.07) is 6.07. The standard InChI is InChI=1S/C9H11BrO2/c1-7-3-4-9(10)5-8(7)6-12-11-2/h3-5H,6H2,1-2H3. The molecule has 2 nitrogen and oxygen atoms in total. The molecule has 12 heavy (non-hydrogen) atoms. The molecule has 0 aliphatic rings. The van der Waals surface area contributed by atoms with Crippen LogP contribution >= 0.6 is 15.9 Å². The third kappa shape index (κ3) is 2.59. The quantitative estimate of drug-likeness (QED) is 0.588. The molecule has 0 unspecified atom stereocenters. The summed E-state index contributed by atoms with van der Waals surface area (Å²) in [5.74, 6) is 0. The van der Waals surface area contributed by atoms with E-state index in [0.29, 0.717) is 6.61 Å². The van der Waals surface area contributed by atoms with Crippen molar-refractivity contribution in [3.05, 3.63) is 33.8 Å². The second kappa shape index (κ2) is 4.60. The van der Waals surface area contributed by atoms with Crippen LogP contribution in [0.2, 0.25) is 0 Å². The van der Waals surface area contributed by atoms with Gasteiger partial charge in [-0.25, -0.2) is 9.78 Å². The molecule has 0 amide bonds. The fourth-order valence-electron chi connectivity index (χ4n) is 0.918. The van der Waals surface area contributed by atoms with Crippen molar-refractivity contribution in [2.24, 2.45) is 0 Å². The largest absolute Gasteiger partial charge is 0.240 e. The molecular weight excluding hydrogens is 220 g/mol. The van der Waals surface area contributed by atoms with E-state index < -0.39 is 0 Å². The minimum absolute atomic E-state index is 0.488. The van der Waals surface area contributed by atoms with E-state index in [-0.39, 0.29) is 0 Å². The van der Waals surface area contributed by atoms with Crippen LogP contribution in [0.25, 0.3) is 0 Å². The zero-order chi connectivity index (χ0) is 8.97. The first kappa shape index (κ1) is 9.71. The molecule has 1 aromatic rings. The van der Waals surface area contributed by atoms with Crippen LogP contribution in [-0.4, -0.2) is 7.11 Å². The Labute approximate surface area is 80.6 Å². The summed E-state index contributed by atoms with van der Waals surface area (Å²) in [5, 5.41) is 0. The maximum absolute atomic E-state index is 4.83. The minimum atomic E-state index is 0.488. The highest BCUT2D eigenvalue weighted by Gasteiger charge is 1.98. The Morgan fingerprint density at radius 2 is 2.17 bits per heavy atom. The van der Waals surface area contributed by atoms with Crippen molar-refractivity contribution in [1.29, 1.82) is 0 Å². The molecule has 0 saturated carbocycles. The fraction of sp³-hybridized carbons (Fsp3) is 0.333. The van der Waals surface area contributed by atoms with Crippen LogP contribution in [0, 0.1) is 6.92 Å². The molecule has 0 saturated heterocycles. The van der Waals surface area contributed by atoms with Gasteiger partial charge in [-0.1, -0.05) is 22.0 Å². The van der Waals surface area contributed by atoms with Gasteiger partial charge in [-0.15, -0.1) is 0 Å². The van der Waals surface area contributed by atoms with Gasteiger partial charge in [0.2, 0.25) is 0 Å². The summed E-state index contributed by atoms with van der Waals surface area (Å²) in [7, 11) is 1.51. The lowest BCUT2D eigenvalue weighted by molar-refractivity contribution is -0.282. The topological polar surface area (TPSA) is 18.5 Å². The average molecular weight is 231 g/mol. The van der Waals surface area contributed by atoms with E-state index >= 15 is 0 Å². The van der Waals surface area contributed by atoms with Crippen LogP contribution in [-0.2, 0) is 16.4 Å². The Morgan fingerprint density at radius 3 is 2.83 bits per heavy atom. The number of rotatable bonds is 3. The predicted molar refractivity (Wildman–Crippen MR) is 50.7 cm³/mol. The van der Waals surface area contributed by atoms with Crippen LogP contribution in [0.4, 0.5) is 0 Å². The summed E-state index contributed by atoms with van der Waals surface area (Å²) >= 11 is 3.39. The van der Waals surface area contributed by atoms with Crippen molar-refractivity contribution in [1.82, 2.24) is 0 Å². The monoisotopic (exact) mass is 230 g/mol. The van der Waals surface area contributed by atoms with Gasteiger partial charge in [-0.05, 0) is 30.2 Å². The Bertz CT molecular complexity index is 261. The fourth-order valence-corrected chi connectivity index (χ4v) is 1.33. The van der Waals surface area contributed by atoms with Crippen LogP contribution in [0.3, 0.4) is 0 Å². The van der Waals surface area contributed by atoms with Crippen LogP contribution in [0.15, 0.2) is 22.7 Å². The first-order valence-electron chi connectivity index (χ1n) is 3.64. The maximum Gasteiger partial charge on any atom is 0.108 e. The molecule has 0 radical (unpaired) electrons. The summed E-state index contributed by atoms with van der Waals surface area (Å²) in [6.45, 7) is 2.53. The summed E-state index contributed by atoms with van der Waals surface area (Å²) in [5.41, 5.74) is 2.33. The van der Waals surface area contributed by atoms with Gasteiger partial charge in [-0.2, -0.15) is 0 Å². The molecule has 0 spiro atoms. The van der Waals surface area contributed by atoms with E-state index in [1.165, 1.54) is 12.7 Å². The van der Waals surface area contributed by atoms with E-state index in [4.69, 9.17) is 4.89 Å². The first-order valence-corrected chi connectivity index (χ1v) is 4.44. The Hall–Kier alpha value is -0.380. The van der Waals surface area contributed by atoms with Crippen molar-refractivity contribution in [3.8, 4) is 0 Å². The third-order valence-corrected chi connectivity index (χ3v) is 2.14. The van der Waals surface area contributed by atoms with Gasteiger partial charge < -0.3 is 0 Å². The molecule has 3 heteroatoms. The van der Waals surface area contributed by atoms with Crippen molar-refractivity contribution >= 4 is 15.9 Å². The lowest BCUT2D eigenvalue weighted by Crippen LogP contribution is -1.93. The molecule has 0 aromatic heterocycles. The van der Waals surface area contributed by atoms with Gasteiger partial charge in [0.15, 0.2) is 0 Å². The Balaban J connectivity index is 2.75. The minimum Gasteiger partial charge on any atom is -0.240 e. The van der Waals surface area contributed by atoms with Crippen molar-refractivity contribution in [3.63, 3.8) is 0 Å². The molecule has 0 fully saturated rings. The average Bonchev–Trinajstić information content (AvgIpc) is 2.07. The molecule has 0 aliphatic carbocycles. The highest BCUT2D eigenvalue weighted by Crippen LogP contribution is 2.16. The molecule has 0 heterocycles. The van der Waals surface area contributed by atoms with Gasteiger partial charge in [0.1, 0.15) is 6.61 Å². The smallest absolute Gasteiger partial charge is 0.108 e. The number of aryl methyl sites for hydroxylation is 1. The first-order chi connectivity index (χ1) is 5.74. The van der Waals surface area contributed by atoms with Gasteiger partial charge in [0.25, 0.3) is 0 Å². The van der Waals surface area contributed by atoms with E-state index in [2.05, 4.69) is 20.8 Å². The zero-order valence-corrected chi connectivity index (χ0v) is 8.72. The van der Waals surface area contributed by atoms with Gasteiger partial charge in [-0.3, -0.25) is 0 Å². The normalized spacial score (nSPS) is 10.2. The van der Waals surface area contributed by atoms with Gasteiger partial charge in [0, 0.05) is 4.47 Å². The Kier molecular flexibility index (Phi) is 3.72. The molecule has 0 N–H and O–H groups in total. The molecule has 1 rings (SSSR count). The highest BCUT2D eigenvalue weighted by molar-refractivity contribution is 9.10. The lowest BCUT2D eigenvalue weighted by Gasteiger charge is -2.04. The summed E-state index contributed by atoms with van der Waals surface area (Å²) in [6.07, 6.45) is 0. The molecule has 66 valence electrons. The molecule has 0 bridgehead atoms. The van der Waals surface area contributed by atoms with Crippen molar-refractivity contribution in [2.45, 2.75) is 13.5 Å². The number of hydrogen-bond acceptors (Lipinski definition) is 2. The number of benzene rings is 1. The second-order valence-electron chi connectivity index (χ2n) is 2.50. The number of hydrogen-bond donors (Lipinski definition) is 0. The highest BCUT2D eigenvalue weighted by atomic mass is 79.9. The molecule has 1 aromatic carbocycles. The van der Waals surface area contributed by atoms with Crippen LogP contribution in [0.5, 0.6) is 0 Å². The van der Waals surface area contributed by atoms with E-state index in [1.807, 2.05) is 25.1 Å². The van der Waals surface area contributed by atoms with Gasteiger partial charge in [0.05, 0.1) is 7.11 Å². The van der Waals surface area contributed by atoms with Crippen molar-refractivity contribution in [2.75, 3.05) is 7.11 Å². The van der Waals surface area contributed by atoms with Crippen LogP contribution in [0.1, 0.15) is 11.1 Å². The van der Waals surface area contributed by atoms with E-state index in [0.717, 1.165) is 10.0 Å². The molecule has 0 aliphatic heterocycles. The Morgan fingerprint density at radius 1 is 1.42 bits per heavy atom. The lowest BCUT2D eigenvalue weighted by atomic mass is 10.1. The summed E-state index contributed by atoms with van der Waals surface area (Å²) in [4.78, 5) is 9.36. The predicted octanol–water partition coefficient (Wildman–Crippen LogP) is 2.84. The zero-order valence-electron chi connectivity index (χ0n) is 7.13.